The van der Waals surface area contributed by atoms with Gasteiger partial charge in [0.2, 0.25) is 0 Å². The van der Waals surface area contributed by atoms with Crippen LogP contribution in [-0.4, -0.2) is 20.9 Å². The van der Waals surface area contributed by atoms with Gasteiger partial charge in [0.15, 0.2) is 0 Å². The van der Waals surface area contributed by atoms with Crippen LogP contribution in [0.4, 0.5) is 4.79 Å². The molecule has 0 saturated carbocycles. The van der Waals surface area contributed by atoms with Crippen molar-refractivity contribution in [3.8, 4) is 16.9 Å². The van der Waals surface area contributed by atoms with E-state index >= 15 is 0 Å². The first kappa shape index (κ1) is 22.4. The fourth-order valence-corrected chi connectivity index (χ4v) is 4.03. The lowest BCUT2D eigenvalue weighted by molar-refractivity contribution is 0.172. The summed E-state index contributed by atoms with van der Waals surface area (Å²) in [5.74, 6) is 0.170. The van der Waals surface area contributed by atoms with Crippen LogP contribution in [0.1, 0.15) is 46.4 Å². The number of pyridine rings is 1. The molecule has 6 heteroatoms. The molecule has 0 spiro atoms. The van der Waals surface area contributed by atoms with Crippen molar-refractivity contribution in [3.63, 3.8) is 0 Å². The molecular formula is C25H30N2O4. The second-order valence-electron chi connectivity index (χ2n) is 9.41. The predicted molar refractivity (Wildman–Crippen MR) is 124 cm³/mol. The Bertz CT molecular complexity index is 1160. The molecular weight excluding hydrogens is 392 g/mol. The largest absolute Gasteiger partial charge is 0.508 e. The van der Waals surface area contributed by atoms with E-state index in [1.54, 1.807) is 16.7 Å². The van der Waals surface area contributed by atoms with Crippen molar-refractivity contribution in [2.24, 2.45) is 11.3 Å². The van der Waals surface area contributed by atoms with E-state index in [4.69, 9.17) is 0 Å². The number of hydrogen-bond donors (Lipinski definition) is 3. The highest BCUT2D eigenvalue weighted by atomic mass is 16.4. The number of carbonyl (C=O) groups is 1. The Hall–Kier alpha value is -3.28. The van der Waals surface area contributed by atoms with Crippen LogP contribution in [0.25, 0.3) is 21.9 Å². The number of hydrogen-bond acceptors (Lipinski definition) is 3. The number of amides is 1. The number of phenols is 1. The fourth-order valence-electron chi connectivity index (χ4n) is 4.03. The molecule has 0 radical (unpaired) electrons. The number of aromatic hydroxyl groups is 1. The summed E-state index contributed by atoms with van der Waals surface area (Å²) < 4.78 is 1.68. The Morgan fingerprint density at radius 2 is 1.71 bits per heavy atom. The second-order valence-corrected chi connectivity index (χ2v) is 9.41. The number of fused-ring (bicyclic) bond motifs is 1. The highest BCUT2D eigenvalue weighted by Gasteiger charge is 2.34. The maximum Gasteiger partial charge on any atom is 0.405 e. The van der Waals surface area contributed by atoms with Crippen LogP contribution in [-0.2, 0) is 6.54 Å². The summed E-state index contributed by atoms with van der Waals surface area (Å²) in [6.07, 6.45) is -1.15. The summed E-state index contributed by atoms with van der Waals surface area (Å²) in [4.78, 5) is 25.4. The van der Waals surface area contributed by atoms with Crippen molar-refractivity contribution in [1.82, 2.24) is 9.88 Å². The van der Waals surface area contributed by atoms with Gasteiger partial charge in [-0.1, -0.05) is 65.0 Å². The van der Waals surface area contributed by atoms with E-state index in [0.717, 1.165) is 11.1 Å². The van der Waals surface area contributed by atoms with Crippen LogP contribution in [0.15, 0.2) is 53.3 Å². The van der Waals surface area contributed by atoms with Gasteiger partial charge in [-0.2, -0.15) is 0 Å². The first-order valence-electron chi connectivity index (χ1n) is 10.4. The summed E-state index contributed by atoms with van der Waals surface area (Å²) >= 11 is 0. The standard InChI is InChI=1S/C25H30N2O4/c1-15(2)14-27-21(22(25(3,4)5)26-24(30)31)20(16-9-7-6-8-10-16)18-12-11-17(28)13-19(18)23(27)29/h6-13,15,22,26,28H,14H2,1-5H3,(H,30,31). The molecule has 3 rings (SSSR count). The molecule has 1 atom stereocenters. The lowest BCUT2D eigenvalue weighted by Crippen LogP contribution is -2.40. The zero-order valence-electron chi connectivity index (χ0n) is 18.6. The third-order valence-electron chi connectivity index (χ3n) is 5.31. The molecule has 0 aliphatic carbocycles. The molecule has 0 saturated heterocycles. The Balaban J connectivity index is 2.57. The zero-order chi connectivity index (χ0) is 22.9. The molecule has 3 N–H and O–H groups in total. The van der Waals surface area contributed by atoms with Gasteiger partial charge in [0.05, 0.1) is 17.1 Å². The molecule has 0 bridgehead atoms. The molecule has 1 unspecified atom stereocenters. The van der Waals surface area contributed by atoms with Crippen molar-refractivity contribution in [3.05, 3.63) is 64.6 Å². The Labute approximate surface area is 182 Å². The SMILES string of the molecule is CC(C)Cn1c(C(NC(=O)O)C(C)(C)C)c(-c2ccccc2)c2ccc(O)cc2c1=O. The van der Waals surface area contributed by atoms with Crippen molar-refractivity contribution in [2.45, 2.75) is 47.2 Å². The highest BCUT2D eigenvalue weighted by Crippen LogP contribution is 2.41. The van der Waals surface area contributed by atoms with E-state index in [1.807, 2.05) is 65.0 Å². The smallest absolute Gasteiger partial charge is 0.405 e. The number of nitrogens with zero attached hydrogens (tertiary/aromatic N) is 1. The maximum atomic E-state index is 13.6. The topological polar surface area (TPSA) is 91.6 Å². The third kappa shape index (κ3) is 4.58. The van der Waals surface area contributed by atoms with Gasteiger partial charge in [-0.05, 0) is 40.5 Å². The molecule has 1 heterocycles. The van der Waals surface area contributed by atoms with Gasteiger partial charge in [0, 0.05) is 12.1 Å². The van der Waals surface area contributed by atoms with Gasteiger partial charge in [0.1, 0.15) is 5.75 Å². The Morgan fingerprint density at radius 3 is 2.26 bits per heavy atom. The highest BCUT2D eigenvalue weighted by molar-refractivity contribution is 5.98. The second kappa shape index (κ2) is 8.46. The molecule has 2 aromatic carbocycles. The van der Waals surface area contributed by atoms with Crippen LogP contribution in [0, 0.1) is 11.3 Å². The van der Waals surface area contributed by atoms with Crippen molar-refractivity contribution in [2.75, 3.05) is 0 Å². The number of rotatable bonds is 5. The Kier molecular flexibility index (Phi) is 6.11. The average Bonchev–Trinajstić information content (AvgIpc) is 2.68. The zero-order valence-corrected chi connectivity index (χ0v) is 18.6. The maximum absolute atomic E-state index is 13.6. The van der Waals surface area contributed by atoms with Crippen LogP contribution < -0.4 is 10.9 Å². The summed E-state index contributed by atoms with van der Waals surface area (Å²) in [6, 6.07) is 13.8. The molecule has 0 aliphatic rings. The summed E-state index contributed by atoms with van der Waals surface area (Å²) in [7, 11) is 0. The van der Waals surface area contributed by atoms with Gasteiger partial charge < -0.3 is 20.1 Å². The van der Waals surface area contributed by atoms with E-state index < -0.39 is 17.6 Å². The van der Waals surface area contributed by atoms with Gasteiger partial charge >= 0.3 is 6.09 Å². The molecule has 164 valence electrons. The van der Waals surface area contributed by atoms with Crippen molar-refractivity contribution in [1.29, 1.82) is 0 Å². The van der Waals surface area contributed by atoms with E-state index in [-0.39, 0.29) is 17.2 Å². The van der Waals surface area contributed by atoms with E-state index in [2.05, 4.69) is 5.32 Å². The van der Waals surface area contributed by atoms with Gasteiger partial charge in [-0.25, -0.2) is 4.79 Å². The molecule has 0 fully saturated rings. The van der Waals surface area contributed by atoms with Gasteiger partial charge in [0.25, 0.3) is 5.56 Å². The van der Waals surface area contributed by atoms with E-state index in [0.29, 0.717) is 23.0 Å². The number of aromatic nitrogens is 1. The first-order valence-corrected chi connectivity index (χ1v) is 10.4. The molecule has 1 amide bonds. The number of phenolic OH excluding ortho intramolecular Hbond substituents is 1. The lowest BCUT2D eigenvalue weighted by Gasteiger charge is -2.35. The van der Waals surface area contributed by atoms with Crippen LogP contribution in [0.5, 0.6) is 5.75 Å². The normalized spacial score (nSPS) is 12.8. The van der Waals surface area contributed by atoms with Gasteiger partial charge in [-0.15, -0.1) is 0 Å². The number of nitrogens with one attached hydrogen (secondary N) is 1. The minimum atomic E-state index is -1.15. The predicted octanol–water partition coefficient (Wildman–Crippen LogP) is 5.38. The van der Waals surface area contributed by atoms with Crippen LogP contribution in [0.2, 0.25) is 0 Å². The summed E-state index contributed by atoms with van der Waals surface area (Å²) in [6.45, 7) is 10.3. The monoisotopic (exact) mass is 422 g/mol. The molecule has 3 aromatic rings. The Morgan fingerprint density at radius 1 is 1.06 bits per heavy atom. The lowest BCUT2D eigenvalue weighted by atomic mass is 9.80. The van der Waals surface area contributed by atoms with Crippen molar-refractivity contribution >= 4 is 16.9 Å². The van der Waals surface area contributed by atoms with Gasteiger partial charge in [-0.3, -0.25) is 4.79 Å². The summed E-state index contributed by atoms with van der Waals surface area (Å²) in [5, 5.41) is 23.5. The van der Waals surface area contributed by atoms with E-state index in [9.17, 15) is 19.8 Å². The van der Waals surface area contributed by atoms with E-state index in [1.165, 1.54) is 6.07 Å². The molecule has 0 aliphatic heterocycles. The minimum absolute atomic E-state index is 0.0171. The number of benzene rings is 2. The number of carboxylic acid groups (broad SMARTS) is 1. The molecule has 31 heavy (non-hydrogen) atoms. The molecule has 6 nitrogen and oxygen atoms in total. The molecule has 1 aromatic heterocycles. The quantitative estimate of drug-likeness (QED) is 0.514. The minimum Gasteiger partial charge on any atom is -0.508 e. The first-order chi connectivity index (χ1) is 14.5. The average molecular weight is 423 g/mol. The van der Waals surface area contributed by atoms with Crippen LogP contribution >= 0.6 is 0 Å². The van der Waals surface area contributed by atoms with Crippen molar-refractivity contribution < 1.29 is 15.0 Å². The van der Waals surface area contributed by atoms with Crippen LogP contribution in [0.3, 0.4) is 0 Å². The third-order valence-corrected chi connectivity index (χ3v) is 5.31. The fraction of sp³-hybridized carbons (Fsp3) is 0.360. The summed E-state index contributed by atoms with van der Waals surface area (Å²) in [5.41, 5.74) is 1.57.